The SMILES string of the molecule is Cc1ccc(S(=O)(=O)NCCCC[C@H](NC(=O)OCc2ccccc2)C(=O)Oc2ccc([N+](=O)[O-])cc2)cc1. The van der Waals surface area contributed by atoms with E-state index in [-0.39, 0.29) is 35.9 Å². The summed E-state index contributed by atoms with van der Waals surface area (Å²) in [6.07, 6.45) is 0.0609. The summed E-state index contributed by atoms with van der Waals surface area (Å²) in [5, 5.41) is 13.3. The topological polar surface area (TPSA) is 154 Å². The van der Waals surface area contributed by atoms with Crippen molar-refractivity contribution in [2.45, 2.75) is 43.7 Å². The predicted molar refractivity (Wildman–Crippen MR) is 143 cm³/mol. The van der Waals surface area contributed by atoms with Crippen LogP contribution >= 0.6 is 0 Å². The fourth-order valence-corrected chi connectivity index (χ4v) is 4.53. The highest BCUT2D eigenvalue weighted by Gasteiger charge is 2.24. The summed E-state index contributed by atoms with van der Waals surface area (Å²) < 4.78 is 37.9. The van der Waals surface area contributed by atoms with Crippen LogP contribution in [0.4, 0.5) is 10.5 Å². The average Bonchev–Trinajstić information content (AvgIpc) is 2.92. The van der Waals surface area contributed by atoms with Crippen molar-refractivity contribution in [3.8, 4) is 5.75 Å². The lowest BCUT2D eigenvalue weighted by Gasteiger charge is -2.17. The molecule has 3 aromatic carbocycles. The van der Waals surface area contributed by atoms with E-state index < -0.39 is 33.1 Å². The second-order valence-electron chi connectivity index (χ2n) is 8.64. The van der Waals surface area contributed by atoms with Gasteiger partial charge in [0.05, 0.1) is 9.82 Å². The van der Waals surface area contributed by atoms with Crippen LogP contribution in [0.2, 0.25) is 0 Å². The van der Waals surface area contributed by atoms with Gasteiger partial charge in [-0.3, -0.25) is 10.1 Å². The molecule has 0 spiro atoms. The molecule has 0 radical (unpaired) electrons. The van der Waals surface area contributed by atoms with Crippen molar-refractivity contribution in [2.24, 2.45) is 0 Å². The molecule has 3 aromatic rings. The number of nitro groups is 1. The molecule has 1 amide bonds. The molecule has 0 aromatic heterocycles. The number of ether oxygens (including phenoxy) is 2. The molecule has 206 valence electrons. The zero-order chi connectivity index (χ0) is 28.3. The molecule has 0 unspecified atom stereocenters. The Balaban J connectivity index is 1.56. The maximum absolute atomic E-state index is 12.8. The Kier molecular flexibility index (Phi) is 10.5. The zero-order valence-electron chi connectivity index (χ0n) is 21.2. The molecule has 0 fully saturated rings. The fourth-order valence-electron chi connectivity index (χ4n) is 3.46. The van der Waals surface area contributed by atoms with Crippen molar-refractivity contribution < 1.29 is 32.4 Å². The summed E-state index contributed by atoms with van der Waals surface area (Å²) in [6.45, 7) is 1.98. The van der Waals surface area contributed by atoms with Gasteiger partial charge in [0.1, 0.15) is 18.4 Å². The van der Waals surface area contributed by atoms with Crippen molar-refractivity contribution in [2.75, 3.05) is 6.54 Å². The lowest BCUT2D eigenvalue weighted by atomic mass is 10.1. The van der Waals surface area contributed by atoms with Crippen LogP contribution in [-0.4, -0.2) is 38.0 Å². The quantitative estimate of drug-likeness (QED) is 0.104. The van der Waals surface area contributed by atoms with Crippen LogP contribution in [0.3, 0.4) is 0 Å². The molecular weight excluding hydrogens is 526 g/mol. The third kappa shape index (κ3) is 9.51. The van der Waals surface area contributed by atoms with Gasteiger partial charge in [0.15, 0.2) is 0 Å². The molecule has 1 atom stereocenters. The first-order valence-electron chi connectivity index (χ1n) is 12.1. The van der Waals surface area contributed by atoms with E-state index in [9.17, 15) is 28.1 Å². The van der Waals surface area contributed by atoms with Gasteiger partial charge in [0.25, 0.3) is 5.69 Å². The van der Waals surface area contributed by atoms with Crippen molar-refractivity contribution in [1.29, 1.82) is 0 Å². The average molecular weight is 556 g/mol. The molecule has 0 aliphatic heterocycles. The van der Waals surface area contributed by atoms with Crippen molar-refractivity contribution in [3.05, 3.63) is 100 Å². The van der Waals surface area contributed by atoms with Gasteiger partial charge >= 0.3 is 12.1 Å². The van der Waals surface area contributed by atoms with Gasteiger partial charge in [-0.2, -0.15) is 0 Å². The van der Waals surface area contributed by atoms with E-state index in [4.69, 9.17) is 9.47 Å². The number of nitrogens with zero attached hydrogens (tertiary/aromatic N) is 1. The van der Waals surface area contributed by atoms with Gasteiger partial charge < -0.3 is 14.8 Å². The van der Waals surface area contributed by atoms with E-state index in [1.165, 1.54) is 36.4 Å². The molecule has 0 heterocycles. The molecule has 0 aliphatic carbocycles. The van der Waals surface area contributed by atoms with Crippen LogP contribution in [0, 0.1) is 17.0 Å². The Morgan fingerprint density at radius 3 is 2.26 bits per heavy atom. The molecule has 2 N–H and O–H groups in total. The Labute approximate surface area is 226 Å². The number of carbonyl (C=O) groups excluding carboxylic acids is 2. The summed E-state index contributed by atoms with van der Waals surface area (Å²) in [5.41, 5.74) is 1.54. The number of carbonyl (C=O) groups is 2. The van der Waals surface area contributed by atoms with E-state index in [1.54, 1.807) is 36.4 Å². The Morgan fingerprint density at radius 1 is 0.949 bits per heavy atom. The van der Waals surface area contributed by atoms with Crippen molar-refractivity contribution in [1.82, 2.24) is 10.0 Å². The lowest BCUT2D eigenvalue weighted by Crippen LogP contribution is -2.43. The van der Waals surface area contributed by atoms with Gasteiger partial charge in [-0.15, -0.1) is 0 Å². The highest BCUT2D eigenvalue weighted by atomic mass is 32.2. The van der Waals surface area contributed by atoms with Crippen LogP contribution in [0.5, 0.6) is 5.75 Å². The Hall–Kier alpha value is -4.29. The molecule has 0 aliphatic rings. The number of benzene rings is 3. The molecular formula is C27H29N3O8S. The van der Waals surface area contributed by atoms with Crippen LogP contribution in [0.15, 0.2) is 83.8 Å². The van der Waals surface area contributed by atoms with E-state index >= 15 is 0 Å². The highest BCUT2D eigenvalue weighted by Crippen LogP contribution is 2.18. The van der Waals surface area contributed by atoms with Crippen LogP contribution in [0.1, 0.15) is 30.4 Å². The number of nitro benzene ring substituents is 1. The number of sulfonamides is 1. The molecule has 39 heavy (non-hydrogen) atoms. The number of unbranched alkanes of at least 4 members (excludes halogenated alkanes) is 1. The number of hydrogen-bond acceptors (Lipinski definition) is 8. The van der Waals surface area contributed by atoms with Gasteiger partial charge in [-0.05, 0) is 56.0 Å². The van der Waals surface area contributed by atoms with E-state index in [0.29, 0.717) is 12.8 Å². The standard InChI is InChI=1S/C27H29N3O8S/c1-20-10-16-24(17-11-20)39(35,36)28-18-6-5-9-25(29-27(32)37-19-21-7-3-2-4-8-21)26(31)38-23-14-12-22(13-15-23)30(33)34/h2-4,7-8,10-17,25,28H,5-6,9,18-19H2,1H3,(H,29,32)/t25-/m0/s1. The first-order valence-corrected chi connectivity index (χ1v) is 13.6. The summed E-state index contributed by atoms with van der Waals surface area (Å²) in [5.74, 6) is -0.721. The van der Waals surface area contributed by atoms with Crippen LogP contribution in [-0.2, 0) is 26.2 Å². The smallest absolute Gasteiger partial charge is 0.408 e. The highest BCUT2D eigenvalue weighted by molar-refractivity contribution is 7.89. The molecule has 0 saturated heterocycles. The first-order chi connectivity index (χ1) is 18.6. The minimum Gasteiger partial charge on any atom is -0.445 e. The molecule has 11 nitrogen and oxygen atoms in total. The lowest BCUT2D eigenvalue weighted by molar-refractivity contribution is -0.384. The van der Waals surface area contributed by atoms with Gasteiger partial charge in [0, 0.05) is 18.7 Å². The fraction of sp³-hybridized carbons (Fsp3) is 0.259. The van der Waals surface area contributed by atoms with Crippen LogP contribution < -0.4 is 14.8 Å². The second kappa shape index (κ2) is 14.0. The summed E-state index contributed by atoms with van der Waals surface area (Å²) in [6, 6.07) is 19.3. The molecule has 0 bridgehead atoms. The van der Waals surface area contributed by atoms with E-state index in [2.05, 4.69) is 10.0 Å². The maximum atomic E-state index is 12.8. The minimum atomic E-state index is -3.68. The van der Waals surface area contributed by atoms with Gasteiger partial charge in [-0.1, -0.05) is 48.0 Å². The van der Waals surface area contributed by atoms with Crippen molar-refractivity contribution >= 4 is 27.8 Å². The third-order valence-electron chi connectivity index (χ3n) is 5.60. The molecule has 0 saturated carbocycles. The first kappa shape index (κ1) is 29.3. The summed E-state index contributed by atoms with van der Waals surface area (Å²) in [7, 11) is -3.68. The summed E-state index contributed by atoms with van der Waals surface area (Å²) >= 11 is 0. The number of aryl methyl sites for hydroxylation is 1. The normalized spacial score (nSPS) is 11.8. The minimum absolute atomic E-state index is 0.00240. The Bertz CT molecular complexity index is 1360. The van der Waals surface area contributed by atoms with E-state index in [1.807, 2.05) is 13.0 Å². The Morgan fingerprint density at radius 2 is 1.62 bits per heavy atom. The second-order valence-corrected chi connectivity index (χ2v) is 10.4. The molecule has 3 rings (SSSR count). The van der Waals surface area contributed by atoms with E-state index in [0.717, 1.165) is 11.1 Å². The third-order valence-corrected chi connectivity index (χ3v) is 7.08. The number of non-ortho nitro benzene ring substituents is 1. The maximum Gasteiger partial charge on any atom is 0.408 e. The van der Waals surface area contributed by atoms with Gasteiger partial charge in [-0.25, -0.2) is 22.7 Å². The number of nitrogens with one attached hydrogen (secondary N) is 2. The predicted octanol–water partition coefficient (Wildman–Crippen LogP) is 4.25. The van der Waals surface area contributed by atoms with Crippen LogP contribution in [0.25, 0.3) is 0 Å². The zero-order valence-corrected chi connectivity index (χ0v) is 22.1. The monoisotopic (exact) mass is 555 g/mol. The number of hydrogen-bond donors (Lipinski definition) is 2. The number of amides is 1. The number of rotatable bonds is 13. The van der Waals surface area contributed by atoms with Crippen molar-refractivity contribution in [3.63, 3.8) is 0 Å². The number of esters is 1. The largest absolute Gasteiger partial charge is 0.445 e. The summed E-state index contributed by atoms with van der Waals surface area (Å²) in [4.78, 5) is 35.7. The van der Waals surface area contributed by atoms with Gasteiger partial charge in [0.2, 0.25) is 10.0 Å². The molecule has 12 heteroatoms. The number of alkyl carbamates (subject to hydrolysis) is 1.